The molecule has 1 aromatic heterocycles. The maximum atomic E-state index is 13.0. The van der Waals surface area contributed by atoms with Crippen LogP contribution in [0.5, 0.6) is 0 Å². The van der Waals surface area contributed by atoms with Gasteiger partial charge in [0.25, 0.3) is 0 Å². The van der Waals surface area contributed by atoms with Crippen molar-refractivity contribution in [2.45, 2.75) is 13.3 Å². The van der Waals surface area contributed by atoms with E-state index in [4.69, 9.17) is 4.74 Å². The maximum Gasteiger partial charge on any atom is 0.311 e. The number of nitrogens with zero attached hydrogens (tertiary/aromatic N) is 2. The van der Waals surface area contributed by atoms with Gasteiger partial charge in [0.2, 0.25) is 5.13 Å². The first kappa shape index (κ1) is 16.0. The summed E-state index contributed by atoms with van der Waals surface area (Å²) in [5, 5.41) is 6.08. The van der Waals surface area contributed by atoms with E-state index >= 15 is 0 Å². The molecule has 0 aliphatic rings. The summed E-state index contributed by atoms with van der Waals surface area (Å²) in [4.78, 5) is 15.5. The van der Waals surface area contributed by atoms with Crippen LogP contribution >= 0.6 is 11.3 Å². The van der Waals surface area contributed by atoms with Crippen LogP contribution in [0.3, 0.4) is 0 Å². The quantitative estimate of drug-likeness (QED) is 0.504. The summed E-state index contributed by atoms with van der Waals surface area (Å²) in [5.41, 5.74) is 3.65. The first-order chi connectivity index (χ1) is 10.6. The van der Waals surface area contributed by atoms with Crippen molar-refractivity contribution < 1.29 is 18.3 Å². The lowest BCUT2D eigenvalue weighted by molar-refractivity contribution is -0.142. The third-order valence-electron chi connectivity index (χ3n) is 2.50. The molecule has 1 N–H and O–H groups in total. The Kier molecular flexibility index (Phi) is 5.54. The van der Waals surface area contributed by atoms with Crippen molar-refractivity contribution >= 4 is 28.7 Å². The molecule has 0 spiro atoms. The number of hydrogen-bond donors (Lipinski definition) is 1. The van der Waals surface area contributed by atoms with Gasteiger partial charge >= 0.3 is 5.97 Å². The number of halogens is 2. The van der Waals surface area contributed by atoms with Crippen LogP contribution in [0.15, 0.2) is 28.7 Å². The third-order valence-corrected chi connectivity index (χ3v) is 3.30. The highest BCUT2D eigenvalue weighted by Gasteiger charge is 2.07. The molecule has 0 bridgehead atoms. The lowest BCUT2D eigenvalue weighted by Gasteiger charge is -1.98. The molecular formula is C14H13F2N3O2S. The van der Waals surface area contributed by atoms with E-state index in [-0.39, 0.29) is 12.4 Å². The molecular weight excluding hydrogens is 312 g/mol. The molecule has 22 heavy (non-hydrogen) atoms. The average Bonchev–Trinajstić information content (AvgIpc) is 2.90. The molecule has 1 heterocycles. The molecule has 5 nitrogen and oxygen atoms in total. The molecule has 0 saturated heterocycles. The first-order valence-electron chi connectivity index (χ1n) is 6.42. The Morgan fingerprint density at radius 3 is 3.00 bits per heavy atom. The van der Waals surface area contributed by atoms with E-state index in [2.05, 4.69) is 15.5 Å². The SMILES string of the molecule is CCOC(=O)Cc1csc(NN=Cc2ccc(F)c(F)c2)n1. The fourth-order valence-electron chi connectivity index (χ4n) is 1.55. The molecule has 0 atom stereocenters. The van der Waals surface area contributed by atoms with E-state index in [9.17, 15) is 13.6 Å². The van der Waals surface area contributed by atoms with Gasteiger partial charge in [0.05, 0.1) is 24.9 Å². The average molecular weight is 325 g/mol. The number of benzene rings is 1. The van der Waals surface area contributed by atoms with Crippen molar-refractivity contribution in [1.29, 1.82) is 0 Å². The molecule has 0 aliphatic carbocycles. The van der Waals surface area contributed by atoms with Crippen molar-refractivity contribution in [2.24, 2.45) is 5.10 Å². The van der Waals surface area contributed by atoms with Gasteiger partial charge in [0.1, 0.15) is 0 Å². The third kappa shape index (κ3) is 4.59. The minimum absolute atomic E-state index is 0.0961. The Balaban J connectivity index is 1.91. The molecule has 0 radical (unpaired) electrons. The molecule has 0 aliphatic heterocycles. The molecule has 8 heteroatoms. The van der Waals surface area contributed by atoms with Crippen LogP contribution in [0, 0.1) is 11.6 Å². The second-order valence-electron chi connectivity index (χ2n) is 4.17. The Morgan fingerprint density at radius 1 is 1.45 bits per heavy atom. The van der Waals surface area contributed by atoms with Crippen molar-refractivity contribution in [1.82, 2.24) is 4.98 Å². The van der Waals surface area contributed by atoms with Crippen LogP contribution in [0.2, 0.25) is 0 Å². The Hall–Kier alpha value is -2.35. The van der Waals surface area contributed by atoms with Crippen molar-refractivity contribution in [3.8, 4) is 0 Å². The number of hydrogen-bond acceptors (Lipinski definition) is 6. The van der Waals surface area contributed by atoms with E-state index in [1.807, 2.05) is 0 Å². The number of carbonyl (C=O) groups is 1. The van der Waals surface area contributed by atoms with Gasteiger partial charge in [-0.1, -0.05) is 6.07 Å². The number of carbonyl (C=O) groups excluding carboxylic acids is 1. The number of nitrogens with one attached hydrogen (secondary N) is 1. The van der Waals surface area contributed by atoms with E-state index in [1.165, 1.54) is 23.6 Å². The zero-order valence-corrected chi connectivity index (χ0v) is 12.5. The predicted octanol–water partition coefficient (Wildman–Crippen LogP) is 2.97. The summed E-state index contributed by atoms with van der Waals surface area (Å²) in [6, 6.07) is 3.46. The number of hydrazone groups is 1. The highest BCUT2D eigenvalue weighted by atomic mass is 32.1. The largest absolute Gasteiger partial charge is 0.466 e. The first-order valence-corrected chi connectivity index (χ1v) is 7.30. The number of anilines is 1. The van der Waals surface area contributed by atoms with Crippen LogP contribution in [0.4, 0.5) is 13.9 Å². The van der Waals surface area contributed by atoms with Crippen LogP contribution < -0.4 is 5.43 Å². The minimum Gasteiger partial charge on any atom is -0.466 e. The molecule has 0 fully saturated rings. The van der Waals surface area contributed by atoms with E-state index in [1.54, 1.807) is 12.3 Å². The summed E-state index contributed by atoms with van der Waals surface area (Å²) >= 11 is 1.27. The number of ether oxygens (including phenoxy) is 1. The van der Waals surface area contributed by atoms with Gasteiger partial charge in [0.15, 0.2) is 11.6 Å². The monoisotopic (exact) mass is 325 g/mol. The minimum atomic E-state index is -0.935. The Labute approximate surface area is 129 Å². The number of aromatic nitrogens is 1. The summed E-state index contributed by atoms with van der Waals surface area (Å²) in [7, 11) is 0. The number of rotatable bonds is 6. The smallest absolute Gasteiger partial charge is 0.311 e. The molecule has 116 valence electrons. The highest BCUT2D eigenvalue weighted by Crippen LogP contribution is 2.16. The van der Waals surface area contributed by atoms with Crippen molar-refractivity contribution in [2.75, 3.05) is 12.0 Å². The summed E-state index contributed by atoms with van der Waals surface area (Å²) in [6.07, 6.45) is 1.44. The van der Waals surface area contributed by atoms with Gasteiger partial charge < -0.3 is 4.74 Å². The van der Waals surface area contributed by atoms with Gasteiger partial charge in [-0.05, 0) is 24.6 Å². The van der Waals surface area contributed by atoms with Gasteiger partial charge in [-0.3, -0.25) is 10.2 Å². The molecule has 0 amide bonds. The van der Waals surface area contributed by atoms with Gasteiger partial charge in [-0.15, -0.1) is 11.3 Å². The van der Waals surface area contributed by atoms with Gasteiger partial charge in [-0.25, -0.2) is 13.8 Å². The molecule has 2 aromatic rings. The van der Waals surface area contributed by atoms with Crippen molar-refractivity contribution in [3.63, 3.8) is 0 Å². The second-order valence-corrected chi connectivity index (χ2v) is 5.03. The standard InChI is InChI=1S/C14H13F2N3O2S/c1-2-21-13(20)6-10-8-22-14(18-10)19-17-7-9-3-4-11(15)12(16)5-9/h3-5,7-8H,2,6H2,1H3,(H,18,19). The molecule has 1 aromatic carbocycles. The molecule has 0 unspecified atom stereocenters. The maximum absolute atomic E-state index is 13.0. The lowest BCUT2D eigenvalue weighted by atomic mass is 10.2. The number of esters is 1. The Morgan fingerprint density at radius 2 is 2.27 bits per heavy atom. The van der Waals surface area contributed by atoms with E-state index < -0.39 is 11.6 Å². The summed E-state index contributed by atoms with van der Waals surface area (Å²) in [6.45, 7) is 2.06. The molecule has 0 saturated carbocycles. The fourth-order valence-corrected chi connectivity index (χ4v) is 2.21. The zero-order chi connectivity index (χ0) is 15.9. The van der Waals surface area contributed by atoms with E-state index in [0.717, 1.165) is 12.1 Å². The second kappa shape index (κ2) is 7.60. The normalized spacial score (nSPS) is 10.9. The van der Waals surface area contributed by atoms with E-state index in [0.29, 0.717) is 23.0 Å². The highest BCUT2D eigenvalue weighted by molar-refractivity contribution is 7.13. The van der Waals surface area contributed by atoms with Crippen LogP contribution in [-0.4, -0.2) is 23.8 Å². The van der Waals surface area contributed by atoms with Crippen LogP contribution in [-0.2, 0) is 16.0 Å². The van der Waals surface area contributed by atoms with Crippen LogP contribution in [0.1, 0.15) is 18.2 Å². The van der Waals surface area contributed by atoms with Crippen molar-refractivity contribution in [3.05, 3.63) is 46.5 Å². The number of thiazole rings is 1. The zero-order valence-electron chi connectivity index (χ0n) is 11.7. The fraction of sp³-hybridized carbons (Fsp3) is 0.214. The Bertz CT molecular complexity index is 688. The summed E-state index contributed by atoms with van der Waals surface area (Å²) < 4.78 is 30.6. The van der Waals surface area contributed by atoms with Crippen LogP contribution in [0.25, 0.3) is 0 Å². The lowest BCUT2D eigenvalue weighted by Crippen LogP contribution is -2.07. The molecule has 2 rings (SSSR count). The van der Waals surface area contributed by atoms with Gasteiger partial charge in [0, 0.05) is 5.38 Å². The summed E-state index contributed by atoms with van der Waals surface area (Å²) in [5.74, 6) is -2.19. The topological polar surface area (TPSA) is 63.6 Å². The van der Waals surface area contributed by atoms with Gasteiger partial charge in [-0.2, -0.15) is 5.10 Å². The predicted molar refractivity (Wildman–Crippen MR) is 80.0 cm³/mol.